The fraction of sp³-hybridized carbons (Fsp3) is 0.417. The van der Waals surface area contributed by atoms with Crippen LogP contribution in [0.2, 0.25) is 0 Å². The molecule has 2 aliphatic heterocycles. The minimum absolute atomic E-state index is 0.0280. The maximum atomic E-state index is 13.5. The Balaban J connectivity index is 1.35. The molecule has 2 aromatic rings. The van der Waals surface area contributed by atoms with Crippen molar-refractivity contribution in [3.8, 4) is 0 Å². The summed E-state index contributed by atoms with van der Waals surface area (Å²) in [6.07, 6.45) is 2.76. The zero-order chi connectivity index (χ0) is 24.0. The minimum Gasteiger partial charge on any atom is -0.341 e. The molecule has 1 saturated heterocycles. The second kappa shape index (κ2) is 8.43. The molecule has 6 amide bonds. The van der Waals surface area contributed by atoms with Gasteiger partial charge in [0.15, 0.2) is 0 Å². The van der Waals surface area contributed by atoms with Gasteiger partial charge < -0.3 is 20.9 Å². The molecular formula is C24H27N5O4S. The van der Waals surface area contributed by atoms with Crippen LogP contribution in [0.25, 0.3) is 0 Å². The van der Waals surface area contributed by atoms with Crippen molar-refractivity contribution in [3.63, 3.8) is 0 Å². The number of anilines is 1. The molecule has 5 rings (SSSR count). The minimum atomic E-state index is -1.16. The predicted molar refractivity (Wildman–Crippen MR) is 127 cm³/mol. The molecule has 1 aromatic carbocycles. The predicted octanol–water partition coefficient (Wildman–Crippen LogP) is 2.56. The SMILES string of the molecule is CNC(=O)Nc1ccc2c(c1)CCC21NC(=O)N(CC(=O)N2Cc3sccc3CC[C@H]2C)C1=O. The van der Waals surface area contributed by atoms with Crippen molar-refractivity contribution < 1.29 is 19.2 Å². The highest BCUT2D eigenvalue weighted by molar-refractivity contribution is 7.10. The molecule has 0 radical (unpaired) electrons. The number of hydrogen-bond acceptors (Lipinski definition) is 5. The molecule has 10 heteroatoms. The van der Waals surface area contributed by atoms with Gasteiger partial charge in [0.25, 0.3) is 5.91 Å². The van der Waals surface area contributed by atoms with E-state index < -0.39 is 17.5 Å². The lowest BCUT2D eigenvalue weighted by Crippen LogP contribution is -2.46. The molecule has 2 atom stereocenters. The number of fused-ring (bicyclic) bond motifs is 3. The Hall–Kier alpha value is -3.40. The van der Waals surface area contributed by atoms with Gasteiger partial charge in [-0.15, -0.1) is 11.3 Å². The summed E-state index contributed by atoms with van der Waals surface area (Å²) in [5, 5.41) is 10.1. The van der Waals surface area contributed by atoms with Gasteiger partial charge in [0.1, 0.15) is 12.1 Å². The lowest BCUT2D eigenvalue weighted by atomic mass is 9.91. The molecule has 3 N–H and O–H groups in total. The zero-order valence-corrected chi connectivity index (χ0v) is 20.0. The molecule has 1 aromatic heterocycles. The van der Waals surface area contributed by atoms with E-state index in [1.807, 2.05) is 18.4 Å². The molecule has 1 aliphatic carbocycles. The summed E-state index contributed by atoms with van der Waals surface area (Å²) in [4.78, 5) is 55.3. The van der Waals surface area contributed by atoms with Gasteiger partial charge in [-0.25, -0.2) is 9.59 Å². The third-order valence-corrected chi connectivity index (χ3v) is 8.07. The molecule has 1 fully saturated rings. The van der Waals surface area contributed by atoms with E-state index in [-0.39, 0.29) is 24.5 Å². The average Bonchev–Trinajstić information content (AvgIpc) is 3.45. The number of hydrogen-bond donors (Lipinski definition) is 3. The Morgan fingerprint density at radius 3 is 2.82 bits per heavy atom. The Kier molecular flexibility index (Phi) is 5.55. The van der Waals surface area contributed by atoms with E-state index in [1.165, 1.54) is 12.6 Å². The van der Waals surface area contributed by atoms with Gasteiger partial charge in [-0.1, -0.05) is 6.07 Å². The number of nitrogens with one attached hydrogen (secondary N) is 3. The topological polar surface area (TPSA) is 111 Å². The van der Waals surface area contributed by atoms with Crippen molar-refractivity contribution >= 4 is 40.9 Å². The number of amides is 6. The summed E-state index contributed by atoms with van der Waals surface area (Å²) < 4.78 is 0. The monoisotopic (exact) mass is 481 g/mol. The van der Waals surface area contributed by atoms with Crippen LogP contribution in [-0.2, 0) is 34.5 Å². The van der Waals surface area contributed by atoms with Gasteiger partial charge in [0, 0.05) is 23.7 Å². The number of urea groups is 2. The van der Waals surface area contributed by atoms with Crippen LogP contribution in [0, 0.1) is 0 Å². The third-order valence-electron chi connectivity index (χ3n) is 7.12. The molecule has 0 bridgehead atoms. The van der Waals surface area contributed by atoms with E-state index in [4.69, 9.17) is 0 Å². The Labute approximate surface area is 201 Å². The van der Waals surface area contributed by atoms with Gasteiger partial charge in [-0.05, 0) is 72.9 Å². The van der Waals surface area contributed by atoms with E-state index in [1.54, 1.807) is 28.4 Å². The van der Waals surface area contributed by atoms with E-state index in [2.05, 4.69) is 22.0 Å². The molecular weight excluding hydrogens is 454 g/mol. The quantitative estimate of drug-likeness (QED) is 0.585. The Bertz CT molecular complexity index is 1190. The number of carbonyl (C=O) groups excluding carboxylic acids is 4. The fourth-order valence-corrected chi connectivity index (χ4v) is 6.12. The lowest BCUT2D eigenvalue weighted by Gasteiger charge is -2.29. The molecule has 178 valence electrons. The summed E-state index contributed by atoms with van der Waals surface area (Å²) in [6.45, 7) is 2.24. The first-order valence-electron chi connectivity index (χ1n) is 11.4. The van der Waals surface area contributed by atoms with Crippen molar-refractivity contribution in [2.24, 2.45) is 0 Å². The number of carbonyl (C=O) groups is 4. The smallest absolute Gasteiger partial charge is 0.325 e. The first-order chi connectivity index (χ1) is 16.3. The molecule has 1 spiro atoms. The fourth-order valence-electron chi connectivity index (χ4n) is 5.19. The second-order valence-electron chi connectivity index (χ2n) is 9.08. The highest BCUT2D eigenvalue weighted by Gasteiger charge is 2.55. The van der Waals surface area contributed by atoms with Crippen molar-refractivity contribution in [1.29, 1.82) is 0 Å². The Morgan fingerprint density at radius 2 is 2.03 bits per heavy atom. The van der Waals surface area contributed by atoms with E-state index in [0.717, 1.165) is 33.7 Å². The van der Waals surface area contributed by atoms with Gasteiger partial charge in [-0.3, -0.25) is 14.5 Å². The highest BCUT2D eigenvalue weighted by Crippen LogP contribution is 2.42. The van der Waals surface area contributed by atoms with Crippen LogP contribution >= 0.6 is 11.3 Å². The van der Waals surface area contributed by atoms with Crippen LogP contribution in [0.1, 0.15) is 41.3 Å². The number of thiophene rings is 1. The standard InChI is InChI=1S/C24H27N5O4S/c1-14-3-4-15-8-10-34-19(15)12-28(14)20(30)13-29-21(31)24(27-23(29)33)9-7-16-11-17(5-6-18(16)24)26-22(32)25-2/h5-6,8,10-11,14H,3-4,7,9,12-13H2,1-2H3,(H,27,33)(H2,25,26,32)/t14-,24?/m1/s1. The molecule has 1 unspecified atom stereocenters. The Morgan fingerprint density at radius 1 is 1.21 bits per heavy atom. The lowest BCUT2D eigenvalue weighted by molar-refractivity contribution is -0.140. The highest BCUT2D eigenvalue weighted by atomic mass is 32.1. The number of benzene rings is 1. The van der Waals surface area contributed by atoms with Gasteiger partial charge in [0.05, 0.1) is 6.54 Å². The first-order valence-corrected chi connectivity index (χ1v) is 12.3. The molecule has 3 aliphatic rings. The number of aryl methyl sites for hydroxylation is 2. The van der Waals surface area contributed by atoms with E-state index in [9.17, 15) is 19.2 Å². The largest absolute Gasteiger partial charge is 0.341 e. The van der Waals surface area contributed by atoms with Crippen LogP contribution in [0.3, 0.4) is 0 Å². The third kappa shape index (κ3) is 3.62. The average molecular weight is 482 g/mol. The molecule has 34 heavy (non-hydrogen) atoms. The number of rotatable bonds is 3. The van der Waals surface area contributed by atoms with Crippen LogP contribution in [0.5, 0.6) is 0 Å². The molecule has 9 nitrogen and oxygen atoms in total. The van der Waals surface area contributed by atoms with Crippen molar-refractivity contribution in [2.75, 3.05) is 18.9 Å². The second-order valence-corrected chi connectivity index (χ2v) is 10.1. The van der Waals surface area contributed by atoms with Crippen molar-refractivity contribution in [3.05, 3.63) is 51.2 Å². The summed E-state index contributed by atoms with van der Waals surface area (Å²) >= 11 is 1.64. The van der Waals surface area contributed by atoms with Crippen LogP contribution in [0.4, 0.5) is 15.3 Å². The van der Waals surface area contributed by atoms with Crippen LogP contribution < -0.4 is 16.0 Å². The number of imide groups is 1. The molecule has 3 heterocycles. The first kappa shape index (κ1) is 22.4. The van der Waals surface area contributed by atoms with Gasteiger partial charge in [0.2, 0.25) is 5.91 Å². The normalized spacial score (nSPS) is 23.4. The summed E-state index contributed by atoms with van der Waals surface area (Å²) in [6, 6.07) is 6.57. The maximum absolute atomic E-state index is 13.5. The van der Waals surface area contributed by atoms with Gasteiger partial charge >= 0.3 is 12.1 Å². The summed E-state index contributed by atoms with van der Waals surface area (Å²) in [7, 11) is 1.53. The van der Waals surface area contributed by atoms with Gasteiger partial charge in [-0.2, -0.15) is 0 Å². The number of nitrogens with zero attached hydrogens (tertiary/aromatic N) is 2. The van der Waals surface area contributed by atoms with Crippen molar-refractivity contribution in [2.45, 2.75) is 50.7 Å². The van der Waals surface area contributed by atoms with Crippen LogP contribution in [0.15, 0.2) is 29.6 Å². The van der Waals surface area contributed by atoms with Crippen molar-refractivity contribution in [1.82, 2.24) is 20.4 Å². The van der Waals surface area contributed by atoms with E-state index in [0.29, 0.717) is 25.1 Å². The zero-order valence-electron chi connectivity index (χ0n) is 19.1. The van der Waals surface area contributed by atoms with E-state index >= 15 is 0 Å². The van der Waals surface area contributed by atoms with Crippen LogP contribution in [-0.4, -0.2) is 53.3 Å². The maximum Gasteiger partial charge on any atom is 0.325 e. The summed E-state index contributed by atoms with van der Waals surface area (Å²) in [5.74, 6) is -0.617. The summed E-state index contributed by atoms with van der Waals surface area (Å²) in [5.41, 5.74) is 2.33. The molecule has 0 saturated carbocycles.